The number of rotatable bonds is 6. The summed E-state index contributed by atoms with van der Waals surface area (Å²) in [6, 6.07) is 26.9. The molecule has 0 N–H and O–H groups in total. The van der Waals surface area contributed by atoms with Gasteiger partial charge in [-0.3, -0.25) is 14.5 Å². The van der Waals surface area contributed by atoms with Crippen LogP contribution in [0.5, 0.6) is 5.75 Å². The van der Waals surface area contributed by atoms with Gasteiger partial charge in [-0.2, -0.15) is 0 Å². The van der Waals surface area contributed by atoms with Crippen molar-refractivity contribution in [3.8, 4) is 5.75 Å². The van der Waals surface area contributed by atoms with E-state index in [4.69, 9.17) is 27.9 Å². The maximum atomic E-state index is 12.9. The zero-order chi connectivity index (χ0) is 24.4. The molecule has 0 saturated carbocycles. The topological polar surface area (TPSA) is 46.6 Å². The van der Waals surface area contributed by atoms with Crippen LogP contribution in [0.2, 0.25) is 10.0 Å². The van der Waals surface area contributed by atoms with Crippen LogP contribution in [-0.2, 0) is 17.9 Å². The highest BCUT2D eigenvalue weighted by molar-refractivity contribution is 8.18. The number of nitrogens with zero attached hydrogens (tertiary/aromatic N) is 1. The third kappa shape index (κ3) is 5.22. The molecule has 7 heteroatoms. The molecule has 35 heavy (non-hydrogen) atoms. The molecule has 0 aromatic heterocycles. The van der Waals surface area contributed by atoms with Gasteiger partial charge in [-0.25, -0.2) is 0 Å². The summed E-state index contributed by atoms with van der Waals surface area (Å²) in [5.74, 6) is 0.342. The van der Waals surface area contributed by atoms with Gasteiger partial charge in [0.1, 0.15) is 12.4 Å². The van der Waals surface area contributed by atoms with Gasteiger partial charge in [0.15, 0.2) is 0 Å². The van der Waals surface area contributed by atoms with E-state index in [1.165, 1.54) is 10.3 Å². The number of amides is 2. The van der Waals surface area contributed by atoms with Crippen LogP contribution >= 0.6 is 35.0 Å². The first-order valence-corrected chi connectivity index (χ1v) is 12.4. The SMILES string of the molecule is O=C1S/C(=C/c2cccc(OCc3cccc4ccccc34)c2)C(=O)N1Cc1ccc(Cl)c(Cl)c1. The van der Waals surface area contributed by atoms with Gasteiger partial charge in [0.2, 0.25) is 0 Å². The summed E-state index contributed by atoms with van der Waals surface area (Å²) in [4.78, 5) is 27.0. The molecule has 4 aromatic rings. The van der Waals surface area contributed by atoms with Crippen molar-refractivity contribution >= 4 is 63.0 Å². The monoisotopic (exact) mass is 519 g/mol. The van der Waals surface area contributed by atoms with Crippen LogP contribution in [0.25, 0.3) is 16.8 Å². The van der Waals surface area contributed by atoms with E-state index in [1.54, 1.807) is 24.3 Å². The van der Waals surface area contributed by atoms with E-state index in [0.717, 1.165) is 33.8 Å². The number of fused-ring (bicyclic) bond motifs is 1. The number of thioether (sulfide) groups is 1. The first kappa shape index (κ1) is 23.5. The second-order valence-electron chi connectivity index (χ2n) is 8.02. The van der Waals surface area contributed by atoms with E-state index in [0.29, 0.717) is 27.3 Å². The van der Waals surface area contributed by atoms with Gasteiger partial charge in [-0.15, -0.1) is 0 Å². The molecule has 1 heterocycles. The van der Waals surface area contributed by atoms with Crippen molar-refractivity contribution in [1.29, 1.82) is 0 Å². The fourth-order valence-corrected chi connectivity index (χ4v) is 5.04. The molecule has 4 aromatic carbocycles. The number of benzene rings is 4. The molecule has 0 atom stereocenters. The first-order chi connectivity index (χ1) is 17.0. The maximum Gasteiger partial charge on any atom is 0.293 e. The molecule has 1 aliphatic rings. The number of carbonyl (C=O) groups excluding carboxylic acids is 2. The fraction of sp³-hybridized carbons (Fsp3) is 0.0714. The van der Waals surface area contributed by atoms with Gasteiger partial charge in [-0.1, -0.05) is 83.9 Å². The minimum absolute atomic E-state index is 0.132. The molecule has 5 rings (SSSR count). The van der Waals surface area contributed by atoms with E-state index < -0.39 is 0 Å². The molecular formula is C28H19Cl2NO3S. The van der Waals surface area contributed by atoms with Crippen LogP contribution in [0, 0.1) is 0 Å². The molecule has 0 radical (unpaired) electrons. The van der Waals surface area contributed by atoms with Crippen molar-refractivity contribution in [1.82, 2.24) is 4.90 Å². The van der Waals surface area contributed by atoms with Crippen LogP contribution in [-0.4, -0.2) is 16.0 Å². The summed E-state index contributed by atoms with van der Waals surface area (Å²) in [7, 11) is 0. The Hall–Kier alpha value is -3.25. The summed E-state index contributed by atoms with van der Waals surface area (Å²) in [6.07, 6.45) is 1.71. The zero-order valence-electron chi connectivity index (χ0n) is 18.4. The van der Waals surface area contributed by atoms with E-state index in [2.05, 4.69) is 24.3 Å². The highest BCUT2D eigenvalue weighted by atomic mass is 35.5. The summed E-state index contributed by atoms with van der Waals surface area (Å²) < 4.78 is 6.05. The van der Waals surface area contributed by atoms with Gasteiger partial charge in [0.05, 0.1) is 21.5 Å². The van der Waals surface area contributed by atoms with E-state index in [1.807, 2.05) is 42.5 Å². The second-order valence-corrected chi connectivity index (χ2v) is 9.82. The molecule has 0 spiro atoms. The first-order valence-electron chi connectivity index (χ1n) is 10.9. The summed E-state index contributed by atoms with van der Waals surface area (Å²) in [6.45, 7) is 0.554. The Morgan fingerprint density at radius 3 is 2.51 bits per heavy atom. The van der Waals surface area contributed by atoms with Crippen LogP contribution < -0.4 is 4.74 Å². The zero-order valence-corrected chi connectivity index (χ0v) is 20.7. The number of hydrogen-bond donors (Lipinski definition) is 0. The number of ether oxygens (including phenoxy) is 1. The average Bonchev–Trinajstić information content (AvgIpc) is 3.12. The minimum Gasteiger partial charge on any atom is -0.489 e. The Labute approximate surface area is 217 Å². The molecular weight excluding hydrogens is 501 g/mol. The number of imide groups is 1. The molecule has 1 saturated heterocycles. The lowest BCUT2D eigenvalue weighted by Crippen LogP contribution is -2.27. The second kappa shape index (κ2) is 10.2. The summed E-state index contributed by atoms with van der Waals surface area (Å²) >= 11 is 12.9. The van der Waals surface area contributed by atoms with Gasteiger partial charge < -0.3 is 4.74 Å². The molecule has 1 fully saturated rings. The van der Waals surface area contributed by atoms with Crippen LogP contribution in [0.4, 0.5) is 4.79 Å². The average molecular weight is 520 g/mol. The molecule has 0 aliphatic carbocycles. The smallest absolute Gasteiger partial charge is 0.293 e. The van der Waals surface area contributed by atoms with Crippen molar-refractivity contribution in [3.63, 3.8) is 0 Å². The molecule has 0 unspecified atom stereocenters. The number of halogens is 2. The third-order valence-electron chi connectivity index (χ3n) is 5.63. The van der Waals surface area contributed by atoms with E-state index in [9.17, 15) is 9.59 Å². The highest BCUT2D eigenvalue weighted by Gasteiger charge is 2.35. The van der Waals surface area contributed by atoms with Crippen molar-refractivity contribution in [2.45, 2.75) is 13.2 Å². The van der Waals surface area contributed by atoms with Crippen molar-refractivity contribution in [3.05, 3.63) is 117 Å². The summed E-state index contributed by atoms with van der Waals surface area (Å²) in [5, 5.41) is 2.80. The quantitative estimate of drug-likeness (QED) is 0.242. The van der Waals surface area contributed by atoms with Gasteiger partial charge in [0.25, 0.3) is 11.1 Å². The van der Waals surface area contributed by atoms with Crippen LogP contribution in [0.1, 0.15) is 16.7 Å². The van der Waals surface area contributed by atoms with Crippen molar-refractivity contribution in [2.75, 3.05) is 0 Å². The van der Waals surface area contributed by atoms with Crippen molar-refractivity contribution in [2.24, 2.45) is 0 Å². The lowest BCUT2D eigenvalue weighted by atomic mass is 10.1. The predicted molar refractivity (Wildman–Crippen MR) is 143 cm³/mol. The lowest BCUT2D eigenvalue weighted by molar-refractivity contribution is -0.123. The van der Waals surface area contributed by atoms with Gasteiger partial charge >= 0.3 is 0 Å². The minimum atomic E-state index is -0.340. The third-order valence-corrected chi connectivity index (χ3v) is 7.27. The normalized spacial score (nSPS) is 14.8. The molecule has 0 bridgehead atoms. The maximum absolute atomic E-state index is 12.9. The van der Waals surface area contributed by atoms with E-state index in [-0.39, 0.29) is 17.7 Å². The predicted octanol–water partition coefficient (Wildman–Crippen LogP) is 7.96. The molecule has 2 amide bonds. The number of carbonyl (C=O) groups is 2. The van der Waals surface area contributed by atoms with Crippen molar-refractivity contribution < 1.29 is 14.3 Å². The largest absolute Gasteiger partial charge is 0.489 e. The fourth-order valence-electron chi connectivity index (χ4n) is 3.88. The van der Waals surface area contributed by atoms with Gasteiger partial charge in [0, 0.05) is 0 Å². The van der Waals surface area contributed by atoms with E-state index >= 15 is 0 Å². The molecule has 1 aliphatic heterocycles. The van der Waals surface area contributed by atoms with Crippen LogP contribution in [0.3, 0.4) is 0 Å². The molecule has 4 nitrogen and oxygen atoms in total. The Balaban J connectivity index is 1.30. The standard InChI is InChI=1S/C28H19Cl2NO3S/c29-24-12-11-19(14-25(24)30)16-31-27(32)26(35-28(31)33)15-18-5-3-9-22(13-18)34-17-21-8-4-7-20-6-1-2-10-23(20)21/h1-15H,16-17H2/b26-15+. The Morgan fingerprint density at radius 1 is 0.857 bits per heavy atom. The summed E-state index contributed by atoms with van der Waals surface area (Å²) in [5.41, 5.74) is 2.60. The Kier molecular flexibility index (Phi) is 6.82. The Bertz CT molecular complexity index is 1480. The number of hydrogen-bond acceptors (Lipinski definition) is 4. The lowest BCUT2D eigenvalue weighted by Gasteiger charge is -2.13. The van der Waals surface area contributed by atoms with Crippen LogP contribution in [0.15, 0.2) is 89.8 Å². The van der Waals surface area contributed by atoms with Gasteiger partial charge in [-0.05, 0) is 69.6 Å². The highest BCUT2D eigenvalue weighted by Crippen LogP contribution is 2.34. The molecule has 174 valence electrons. The Morgan fingerprint density at radius 2 is 1.66 bits per heavy atom.